The van der Waals surface area contributed by atoms with E-state index in [4.69, 9.17) is 22.4 Å². The van der Waals surface area contributed by atoms with E-state index in [2.05, 4.69) is 52.8 Å². The largest absolute Gasteiger partial charge is 0.460 e. The van der Waals surface area contributed by atoms with Crippen LogP contribution < -0.4 is 0 Å². The van der Waals surface area contributed by atoms with Crippen LogP contribution in [0.3, 0.4) is 0 Å². The topological polar surface area (TPSA) is 63.2 Å². The third-order valence-electron chi connectivity index (χ3n) is 3.32. The highest BCUT2D eigenvalue weighted by molar-refractivity contribution is 6.88. The highest BCUT2D eigenvalue weighted by atomic mass is 28.5. The van der Waals surface area contributed by atoms with Crippen LogP contribution >= 0.6 is 0 Å². The molecule has 0 heterocycles. The van der Waals surface area contributed by atoms with E-state index in [0.29, 0.717) is 31.6 Å². The molecule has 0 bridgehead atoms. The standard InChI is InChI=1S/C19H42O6Si3/c1-10-16-28(24-26(4,5)6,25-27(7,8)9)17-22-13-11-12-21-14-15-23-19(20)18(2)3/h2,10-17H2,1,3-9H3. The Kier molecular flexibility index (Phi) is 13.0. The van der Waals surface area contributed by atoms with Gasteiger partial charge in [0, 0.05) is 18.8 Å². The highest BCUT2D eigenvalue weighted by Crippen LogP contribution is 2.26. The summed E-state index contributed by atoms with van der Waals surface area (Å²) in [4.78, 5) is 11.3. The summed E-state index contributed by atoms with van der Waals surface area (Å²) >= 11 is 0. The molecule has 0 N–H and O–H groups in total. The maximum atomic E-state index is 11.3. The van der Waals surface area contributed by atoms with E-state index in [-0.39, 0.29) is 12.6 Å². The Morgan fingerprint density at radius 3 is 1.86 bits per heavy atom. The van der Waals surface area contributed by atoms with Crippen molar-refractivity contribution in [2.45, 2.75) is 72.0 Å². The first kappa shape index (κ1) is 27.7. The van der Waals surface area contributed by atoms with Gasteiger partial charge in [0.15, 0.2) is 16.6 Å². The lowest BCUT2D eigenvalue weighted by Crippen LogP contribution is -2.57. The molecule has 0 aliphatic rings. The van der Waals surface area contributed by atoms with E-state index in [1.807, 2.05) is 0 Å². The number of ether oxygens (including phenoxy) is 3. The van der Waals surface area contributed by atoms with Gasteiger partial charge in [0.25, 0.3) is 0 Å². The Morgan fingerprint density at radius 2 is 1.39 bits per heavy atom. The molecule has 6 nitrogen and oxygen atoms in total. The van der Waals surface area contributed by atoms with E-state index in [9.17, 15) is 4.79 Å². The minimum Gasteiger partial charge on any atom is -0.460 e. The number of hydrogen-bond donors (Lipinski definition) is 0. The van der Waals surface area contributed by atoms with Crippen LogP contribution in [-0.4, -0.2) is 63.8 Å². The van der Waals surface area contributed by atoms with Crippen molar-refractivity contribution >= 4 is 31.2 Å². The van der Waals surface area contributed by atoms with Crippen LogP contribution in [0.2, 0.25) is 45.3 Å². The quantitative estimate of drug-likeness (QED) is 0.148. The molecule has 0 saturated carbocycles. The van der Waals surface area contributed by atoms with Crippen LogP contribution in [0.1, 0.15) is 26.7 Å². The Hall–Kier alpha value is -0.299. The Labute approximate surface area is 175 Å². The Balaban J connectivity index is 4.33. The first-order valence-electron chi connectivity index (χ1n) is 10.2. The summed E-state index contributed by atoms with van der Waals surface area (Å²) in [6, 6.07) is 0.964. The summed E-state index contributed by atoms with van der Waals surface area (Å²) in [7, 11) is -5.84. The second kappa shape index (κ2) is 13.1. The minimum absolute atomic E-state index is 0.243. The van der Waals surface area contributed by atoms with Crippen molar-refractivity contribution < 1.29 is 27.2 Å². The van der Waals surface area contributed by atoms with E-state index < -0.39 is 25.2 Å². The SMILES string of the molecule is C=C(C)C(=O)OCCOCCCOC[Si](CCC)(O[Si](C)(C)C)O[Si](C)(C)C. The summed E-state index contributed by atoms with van der Waals surface area (Å²) in [6.07, 6.45) is 2.40. The molecule has 0 aliphatic carbocycles. The first-order valence-corrected chi connectivity index (χ1v) is 19.2. The number of carbonyl (C=O) groups is 1. The van der Waals surface area contributed by atoms with Gasteiger partial charge in [0.05, 0.1) is 12.8 Å². The van der Waals surface area contributed by atoms with Crippen molar-refractivity contribution in [3.63, 3.8) is 0 Å². The zero-order chi connectivity index (χ0) is 21.8. The predicted molar refractivity (Wildman–Crippen MR) is 122 cm³/mol. The van der Waals surface area contributed by atoms with Crippen LogP contribution in [0.5, 0.6) is 0 Å². The lowest BCUT2D eigenvalue weighted by molar-refractivity contribution is -0.140. The van der Waals surface area contributed by atoms with Crippen LogP contribution in [0.4, 0.5) is 0 Å². The van der Waals surface area contributed by atoms with Crippen LogP contribution in [0, 0.1) is 0 Å². The van der Waals surface area contributed by atoms with Crippen LogP contribution in [0.25, 0.3) is 0 Å². The van der Waals surface area contributed by atoms with Gasteiger partial charge in [-0.3, -0.25) is 0 Å². The van der Waals surface area contributed by atoms with Gasteiger partial charge < -0.3 is 22.4 Å². The smallest absolute Gasteiger partial charge is 0.344 e. The lowest BCUT2D eigenvalue weighted by atomic mass is 10.4. The van der Waals surface area contributed by atoms with Gasteiger partial charge in [-0.15, -0.1) is 0 Å². The summed E-state index contributed by atoms with van der Waals surface area (Å²) in [5.41, 5.74) is 0.397. The van der Waals surface area contributed by atoms with Crippen LogP contribution in [0.15, 0.2) is 12.2 Å². The predicted octanol–water partition coefficient (Wildman–Crippen LogP) is 4.62. The summed E-state index contributed by atoms with van der Waals surface area (Å²) < 4.78 is 29.7. The number of esters is 1. The molecule has 166 valence electrons. The van der Waals surface area contributed by atoms with Gasteiger partial charge in [0.1, 0.15) is 6.61 Å². The third-order valence-corrected chi connectivity index (χ3v) is 13.1. The maximum Gasteiger partial charge on any atom is 0.344 e. The van der Waals surface area contributed by atoms with Crippen LogP contribution in [-0.2, 0) is 27.2 Å². The summed E-state index contributed by atoms with van der Waals surface area (Å²) in [6.45, 7) is 22.4. The van der Waals surface area contributed by atoms with E-state index in [1.165, 1.54) is 0 Å². The summed E-state index contributed by atoms with van der Waals surface area (Å²) in [5, 5.41) is 0. The Bertz CT molecular complexity index is 455. The van der Waals surface area contributed by atoms with Gasteiger partial charge in [-0.1, -0.05) is 19.9 Å². The molecule has 0 saturated heterocycles. The monoisotopic (exact) mass is 450 g/mol. The molecule has 9 heteroatoms. The second-order valence-electron chi connectivity index (χ2n) is 9.02. The van der Waals surface area contributed by atoms with E-state index >= 15 is 0 Å². The molecule has 0 fully saturated rings. The zero-order valence-electron chi connectivity index (χ0n) is 19.3. The number of rotatable bonds is 16. The molecule has 0 rings (SSSR count). The fourth-order valence-electron chi connectivity index (χ4n) is 2.66. The second-order valence-corrected chi connectivity index (χ2v) is 21.7. The van der Waals surface area contributed by atoms with Crippen molar-refractivity contribution in [2.24, 2.45) is 0 Å². The van der Waals surface area contributed by atoms with Gasteiger partial charge in [-0.2, -0.15) is 0 Å². The van der Waals surface area contributed by atoms with Gasteiger partial charge in [-0.05, 0) is 58.7 Å². The molecule has 0 atom stereocenters. The average Bonchev–Trinajstić information content (AvgIpc) is 2.49. The van der Waals surface area contributed by atoms with Gasteiger partial charge in [0.2, 0.25) is 0 Å². The minimum atomic E-state index is -2.38. The number of hydrogen-bond acceptors (Lipinski definition) is 6. The molecule has 0 unspecified atom stereocenters. The molecule has 0 aromatic rings. The third kappa shape index (κ3) is 14.7. The van der Waals surface area contributed by atoms with Gasteiger partial charge in [-0.25, -0.2) is 4.79 Å². The molecule has 0 spiro atoms. The highest BCUT2D eigenvalue weighted by Gasteiger charge is 2.44. The van der Waals surface area contributed by atoms with E-state index in [0.717, 1.165) is 18.9 Å². The first-order chi connectivity index (χ1) is 12.8. The summed E-state index contributed by atoms with van der Waals surface area (Å²) in [5.74, 6) is -0.381. The lowest BCUT2D eigenvalue weighted by Gasteiger charge is -2.40. The Morgan fingerprint density at radius 1 is 0.857 bits per heavy atom. The zero-order valence-corrected chi connectivity index (χ0v) is 22.3. The fraction of sp³-hybridized carbons (Fsp3) is 0.842. The molecule has 28 heavy (non-hydrogen) atoms. The van der Waals surface area contributed by atoms with Crippen molar-refractivity contribution in [3.05, 3.63) is 12.2 Å². The number of carbonyl (C=O) groups excluding carboxylic acids is 1. The molecular weight excluding hydrogens is 408 g/mol. The molecule has 0 amide bonds. The molecule has 0 radical (unpaired) electrons. The molecule has 0 aromatic carbocycles. The maximum absolute atomic E-state index is 11.3. The van der Waals surface area contributed by atoms with Crippen molar-refractivity contribution in [3.8, 4) is 0 Å². The van der Waals surface area contributed by atoms with Crippen molar-refractivity contribution in [2.75, 3.05) is 32.7 Å². The average molecular weight is 451 g/mol. The van der Waals surface area contributed by atoms with Gasteiger partial charge >= 0.3 is 14.5 Å². The van der Waals surface area contributed by atoms with E-state index in [1.54, 1.807) is 6.92 Å². The van der Waals surface area contributed by atoms with Crippen molar-refractivity contribution in [1.82, 2.24) is 0 Å². The molecule has 0 aromatic heterocycles. The molecular formula is C19H42O6Si3. The molecule has 0 aliphatic heterocycles. The fourth-order valence-corrected chi connectivity index (χ4v) is 14.8. The van der Waals surface area contributed by atoms with Crippen molar-refractivity contribution in [1.29, 1.82) is 0 Å². The normalized spacial score (nSPS) is 12.9.